The number of hydrogen-bond donors (Lipinski definition) is 1. The van der Waals surface area contributed by atoms with Crippen LogP contribution >= 0.6 is 0 Å². The average molecular weight is 325 g/mol. The van der Waals surface area contributed by atoms with Gasteiger partial charge < -0.3 is 14.8 Å². The third kappa shape index (κ3) is 4.15. The van der Waals surface area contributed by atoms with E-state index in [0.717, 1.165) is 18.8 Å². The van der Waals surface area contributed by atoms with Gasteiger partial charge in [-0.05, 0) is 40.3 Å². The number of tetrazole rings is 1. The van der Waals surface area contributed by atoms with Crippen molar-refractivity contribution >= 4 is 0 Å². The standard InChI is InChI=1S/C17H19N5O2/c1-23-12-11-18-13-14-7-9-16(10-8-14)24-17-19-20-21-22(17)15-5-3-2-4-6-15/h2-10,18H,11-13H2,1H3. The molecular weight excluding hydrogens is 306 g/mol. The molecule has 7 nitrogen and oxygen atoms in total. The highest BCUT2D eigenvalue weighted by molar-refractivity contribution is 5.34. The quantitative estimate of drug-likeness (QED) is 0.640. The summed E-state index contributed by atoms with van der Waals surface area (Å²) in [5, 5.41) is 14.9. The van der Waals surface area contributed by atoms with Gasteiger partial charge in [0.15, 0.2) is 0 Å². The van der Waals surface area contributed by atoms with E-state index in [1.807, 2.05) is 54.6 Å². The summed E-state index contributed by atoms with van der Waals surface area (Å²) in [5.74, 6) is 0.683. The van der Waals surface area contributed by atoms with Gasteiger partial charge in [0.25, 0.3) is 0 Å². The van der Waals surface area contributed by atoms with Crippen molar-refractivity contribution in [2.45, 2.75) is 6.54 Å². The minimum absolute atomic E-state index is 0.326. The minimum atomic E-state index is 0.326. The van der Waals surface area contributed by atoms with Gasteiger partial charge in [0, 0.05) is 20.2 Å². The van der Waals surface area contributed by atoms with E-state index in [9.17, 15) is 0 Å². The Morgan fingerprint density at radius 2 is 1.83 bits per heavy atom. The van der Waals surface area contributed by atoms with Crippen molar-refractivity contribution in [3.05, 3.63) is 60.2 Å². The van der Waals surface area contributed by atoms with Crippen LogP contribution in [0.5, 0.6) is 11.8 Å². The van der Waals surface area contributed by atoms with Gasteiger partial charge in [0.05, 0.1) is 12.3 Å². The molecule has 1 heterocycles. The van der Waals surface area contributed by atoms with Crippen LogP contribution in [0.4, 0.5) is 0 Å². The minimum Gasteiger partial charge on any atom is -0.423 e. The summed E-state index contributed by atoms with van der Waals surface area (Å²) in [6.45, 7) is 2.30. The van der Waals surface area contributed by atoms with E-state index in [0.29, 0.717) is 18.4 Å². The van der Waals surface area contributed by atoms with Crippen molar-refractivity contribution in [2.24, 2.45) is 0 Å². The van der Waals surface area contributed by atoms with Crippen LogP contribution in [0.25, 0.3) is 5.69 Å². The van der Waals surface area contributed by atoms with E-state index >= 15 is 0 Å². The third-order valence-electron chi connectivity index (χ3n) is 3.39. The molecule has 0 spiro atoms. The lowest BCUT2D eigenvalue weighted by atomic mass is 10.2. The molecule has 0 saturated heterocycles. The molecule has 0 saturated carbocycles. The molecule has 1 aromatic heterocycles. The highest BCUT2D eigenvalue weighted by Gasteiger charge is 2.10. The SMILES string of the molecule is COCCNCc1ccc(Oc2nnnn2-c2ccccc2)cc1. The van der Waals surface area contributed by atoms with Gasteiger partial charge in [-0.15, -0.1) is 0 Å². The van der Waals surface area contributed by atoms with E-state index in [1.54, 1.807) is 11.8 Å². The summed E-state index contributed by atoms with van der Waals surface area (Å²) in [6.07, 6.45) is 0. The zero-order chi connectivity index (χ0) is 16.6. The molecule has 0 atom stereocenters. The first-order valence-corrected chi connectivity index (χ1v) is 7.67. The molecule has 24 heavy (non-hydrogen) atoms. The molecule has 0 bridgehead atoms. The molecular formula is C17H19N5O2. The van der Waals surface area contributed by atoms with E-state index in [1.165, 1.54) is 5.56 Å². The Hall–Kier alpha value is -2.77. The maximum Gasteiger partial charge on any atom is 0.345 e. The molecule has 2 aromatic carbocycles. The molecule has 0 unspecified atom stereocenters. The predicted molar refractivity (Wildman–Crippen MR) is 89.3 cm³/mol. The van der Waals surface area contributed by atoms with Crippen LogP contribution in [-0.2, 0) is 11.3 Å². The molecule has 3 aromatic rings. The van der Waals surface area contributed by atoms with E-state index < -0.39 is 0 Å². The maximum atomic E-state index is 5.79. The lowest BCUT2D eigenvalue weighted by molar-refractivity contribution is 0.199. The lowest BCUT2D eigenvalue weighted by Crippen LogP contribution is -2.18. The van der Waals surface area contributed by atoms with Crippen molar-refractivity contribution in [2.75, 3.05) is 20.3 Å². The number of hydrogen-bond acceptors (Lipinski definition) is 6. The summed E-state index contributed by atoms with van der Waals surface area (Å²) in [5.41, 5.74) is 2.01. The van der Waals surface area contributed by atoms with Crippen LogP contribution in [0.3, 0.4) is 0 Å². The van der Waals surface area contributed by atoms with Gasteiger partial charge in [-0.25, -0.2) is 0 Å². The van der Waals surface area contributed by atoms with Crippen LogP contribution in [0, 0.1) is 0 Å². The fraction of sp³-hybridized carbons (Fsp3) is 0.235. The summed E-state index contributed by atoms with van der Waals surface area (Å²) < 4.78 is 12.3. The van der Waals surface area contributed by atoms with Crippen molar-refractivity contribution in [1.82, 2.24) is 25.5 Å². The fourth-order valence-electron chi connectivity index (χ4n) is 2.16. The average Bonchev–Trinajstić information content (AvgIpc) is 3.09. The Balaban J connectivity index is 1.64. The second kappa shape index (κ2) is 8.19. The van der Waals surface area contributed by atoms with E-state index in [2.05, 4.69) is 20.8 Å². The molecule has 1 N–H and O–H groups in total. The van der Waals surface area contributed by atoms with Crippen LogP contribution in [0.1, 0.15) is 5.56 Å². The number of nitrogens with zero attached hydrogens (tertiary/aromatic N) is 4. The largest absolute Gasteiger partial charge is 0.423 e. The highest BCUT2D eigenvalue weighted by atomic mass is 16.5. The zero-order valence-corrected chi connectivity index (χ0v) is 13.4. The number of rotatable bonds is 8. The molecule has 0 aliphatic rings. The number of nitrogens with one attached hydrogen (secondary N) is 1. The van der Waals surface area contributed by atoms with Crippen LogP contribution in [0.2, 0.25) is 0 Å². The van der Waals surface area contributed by atoms with Crippen molar-refractivity contribution < 1.29 is 9.47 Å². The zero-order valence-electron chi connectivity index (χ0n) is 13.4. The molecule has 124 valence electrons. The summed E-state index contributed by atoms with van der Waals surface area (Å²) >= 11 is 0. The Kier molecular flexibility index (Phi) is 5.49. The fourth-order valence-corrected chi connectivity index (χ4v) is 2.16. The summed E-state index contributed by atoms with van der Waals surface area (Å²) in [7, 11) is 1.69. The molecule has 7 heteroatoms. The number of methoxy groups -OCH3 is 1. The summed E-state index contributed by atoms with van der Waals surface area (Å²) in [6, 6.07) is 17.8. The number of ether oxygens (including phenoxy) is 2. The first-order valence-electron chi connectivity index (χ1n) is 7.67. The number of para-hydroxylation sites is 1. The van der Waals surface area contributed by atoms with Crippen molar-refractivity contribution in [3.63, 3.8) is 0 Å². The molecule has 3 rings (SSSR count). The molecule has 0 aliphatic heterocycles. The Bertz CT molecular complexity index is 743. The van der Waals surface area contributed by atoms with Gasteiger partial charge in [-0.1, -0.05) is 35.4 Å². The summed E-state index contributed by atoms with van der Waals surface area (Å²) in [4.78, 5) is 0. The second-order valence-electron chi connectivity index (χ2n) is 5.12. The normalized spacial score (nSPS) is 10.7. The van der Waals surface area contributed by atoms with Gasteiger partial charge in [-0.2, -0.15) is 4.68 Å². The highest BCUT2D eigenvalue weighted by Crippen LogP contribution is 2.21. The monoisotopic (exact) mass is 325 g/mol. The number of benzene rings is 2. The Morgan fingerprint density at radius 3 is 2.58 bits per heavy atom. The Labute approximate surface area is 140 Å². The van der Waals surface area contributed by atoms with Crippen molar-refractivity contribution in [3.8, 4) is 17.4 Å². The molecule has 0 radical (unpaired) electrons. The van der Waals surface area contributed by atoms with Gasteiger partial charge in [0.1, 0.15) is 5.75 Å². The lowest BCUT2D eigenvalue weighted by Gasteiger charge is -2.07. The van der Waals surface area contributed by atoms with Crippen molar-refractivity contribution in [1.29, 1.82) is 0 Å². The Morgan fingerprint density at radius 1 is 1.04 bits per heavy atom. The third-order valence-corrected chi connectivity index (χ3v) is 3.39. The molecule has 0 aliphatic carbocycles. The van der Waals surface area contributed by atoms with Crippen LogP contribution in [-0.4, -0.2) is 40.5 Å². The number of aromatic nitrogens is 4. The van der Waals surface area contributed by atoms with Crippen LogP contribution < -0.4 is 10.1 Å². The molecule has 0 fully saturated rings. The van der Waals surface area contributed by atoms with Gasteiger partial charge in [-0.3, -0.25) is 0 Å². The second-order valence-corrected chi connectivity index (χ2v) is 5.12. The smallest absolute Gasteiger partial charge is 0.345 e. The van der Waals surface area contributed by atoms with E-state index in [-0.39, 0.29) is 0 Å². The predicted octanol–water partition coefficient (Wildman–Crippen LogP) is 2.19. The first kappa shape index (κ1) is 16.1. The van der Waals surface area contributed by atoms with Gasteiger partial charge in [0.2, 0.25) is 0 Å². The molecule has 0 amide bonds. The van der Waals surface area contributed by atoms with E-state index in [4.69, 9.17) is 9.47 Å². The first-order chi connectivity index (χ1) is 11.9. The maximum absolute atomic E-state index is 5.79. The van der Waals surface area contributed by atoms with Gasteiger partial charge >= 0.3 is 6.01 Å². The van der Waals surface area contributed by atoms with Crippen LogP contribution in [0.15, 0.2) is 54.6 Å². The topological polar surface area (TPSA) is 74.1 Å².